The fourth-order valence-electron chi connectivity index (χ4n) is 2.78. The molecule has 0 radical (unpaired) electrons. The summed E-state index contributed by atoms with van der Waals surface area (Å²) in [5, 5.41) is 9.00. The molecule has 1 aromatic heterocycles. The Labute approximate surface area is 173 Å². The second kappa shape index (κ2) is 9.38. The van der Waals surface area contributed by atoms with Crippen LogP contribution >= 0.6 is 34.5 Å². The van der Waals surface area contributed by atoms with E-state index in [1.54, 1.807) is 29.5 Å². The first-order valence-electron chi connectivity index (χ1n) is 8.68. The zero-order valence-corrected chi connectivity index (χ0v) is 17.2. The minimum absolute atomic E-state index is 0.0524. The third-order valence-corrected chi connectivity index (χ3v) is 5.81. The molecule has 0 saturated carbocycles. The molecule has 0 spiro atoms. The van der Waals surface area contributed by atoms with Gasteiger partial charge >= 0.3 is 0 Å². The summed E-state index contributed by atoms with van der Waals surface area (Å²) < 4.78 is 0. The molecule has 1 atom stereocenters. The predicted octanol–water partition coefficient (Wildman–Crippen LogP) is 5.94. The number of para-hydroxylation sites is 1. The van der Waals surface area contributed by atoms with Gasteiger partial charge in [-0.05, 0) is 41.1 Å². The Kier molecular flexibility index (Phi) is 6.91. The van der Waals surface area contributed by atoms with Crippen LogP contribution in [0.1, 0.15) is 29.0 Å². The molecular weight excluding hydrogens is 399 g/mol. The highest BCUT2D eigenvalue weighted by Gasteiger charge is 2.17. The van der Waals surface area contributed by atoms with Gasteiger partial charge in [0.2, 0.25) is 5.91 Å². The maximum absolute atomic E-state index is 12.4. The van der Waals surface area contributed by atoms with Gasteiger partial charge < -0.3 is 5.32 Å². The second-order valence-corrected chi connectivity index (χ2v) is 7.86. The zero-order valence-electron chi connectivity index (χ0n) is 14.8. The Morgan fingerprint density at radius 3 is 2.33 bits per heavy atom. The Bertz CT molecular complexity index is 875. The lowest BCUT2D eigenvalue weighted by molar-refractivity contribution is -0.115. The zero-order chi connectivity index (χ0) is 19.2. The van der Waals surface area contributed by atoms with Crippen molar-refractivity contribution in [3.05, 3.63) is 86.0 Å². The summed E-state index contributed by atoms with van der Waals surface area (Å²) in [5.41, 5.74) is 2.85. The Balaban J connectivity index is 1.72. The summed E-state index contributed by atoms with van der Waals surface area (Å²) in [5.74, 6) is -0.197. The molecule has 1 heterocycles. The van der Waals surface area contributed by atoms with Crippen LogP contribution in [0.5, 0.6) is 0 Å². The molecule has 1 amide bonds. The van der Waals surface area contributed by atoms with E-state index in [1.807, 2.05) is 11.4 Å². The van der Waals surface area contributed by atoms with Crippen LogP contribution in [-0.4, -0.2) is 12.5 Å². The number of hydrogen-bond acceptors (Lipinski definition) is 3. The van der Waals surface area contributed by atoms with Crippen molar-refractivity contribution in [2.75, 3.05) is 11.9 Å². The fraction of sp³-hybridized carbons (Fsp3) is 0.190. The van der Waals surface area contributed by atoms with Crippen molar-refractivity contribution in [1.29, 1.82) is 0 Å². The highest BCUT2D eigenvalue weighted by molar-refractivity contribution is 7.10. The minimum Gasteiger partial charge on any atom is -0.322 e. The van der Waals surface area contributed by atoms with E-state index in [0.717, 1.165) is 16.9 Å². The predicted molar refractivity (Wildman–Crippen MR) is 115 cm³/mol. The molecule has 3 nitrogen and oxygen atoms in total. The fourth-order valence-corrected chi connectivity index (χ4v) is 4.10. The second-order valence-electron chi connectivity index (χ2n) is 6.07. The number of halogens is 2. The van der Waals surface area contributed by atoms with Crippen LogP contribution in [0.4, 0.5) is 5.69 Å². The van der Waals surface area contributed by atoms with E-state index < -0.39 is 0 Å². The SMILES string of the molecule is CCc1ccc([C@H](NCC(=O)Nc2c(Cl)cccc2Cl)c2cccs2)cc1. The quantitative estimate of drug-likeness (QED) is 0.498. The van der Waals surface area contributed by atoms with E-state index in [1.165, 1.54) is 5.56 Å². The van der Waals surface area contributed by atoms with Crippen molar-refractivity contribution >= 4 is 46.1 Å². The lowest BCUT2D eigenvalue weighted by Crippen LogP contribution is -2.31. The molecule has 27 heavy (non-hydrogen) atoms. The molecule has 3 aromatic rings. The van der Waals surface area contributed by atoms with Crippen LogP contribution in [0, 0.1) is 0 Å². The Morgan fingerprint density at radius 1 is 1.04 bits per heavy atom. The first-order chi connectivity index (χ1) is 13.1. The average molecular weight is 419 g/mol. The maximum atomic E-state index is 12.4. The number of hydrogen-bond donors (Lipinski definition) is 2. The molecule has 0 aliphatic carbocycles. The molecule has 0 saturated heterocycles. The first-order valence-corrected chi connectivity index (χ1v) is 10.3. The summed E-state index contributed by atoms with van der Waals surface area (Å²) in [7, 11) is 0. The van der Waals surface area contributed by atoms with Gasteiger partial charge in [-0.2, -0.15) is 0 Å². The van der Waals surface area contributed by atoms with E-state index in [9.17, 15) is 4.79 Å². The Morgan fingerprint density at radius 2 is 1.74 bits per heavy atom. The van der Waals surface area contributed by atoms with E-state index in [0.29, 0.717) is 15.7 Å². The summed E-state index contributed by atoms with van der Waals surface area (Å²) in [4.78, 5) is 13.6. The summed E-state index contributed by atoms with van der Waals surface area (Å²) in [6, 6.07) is 17.6. The molecule has 0 fully saturated rings. The van der Waals surface area contributed by atoms with Gasteiger partial charge in [-0.25, -0.2) is 0 Å². The van der Waals surface area contributed by atoms with Crippen molar-refractivity contribution < 1.29 is 4.79 Å². The number of benzene rings is 2. The number of aryl methyl sites for hydroxylation is 1. The van der Waals surface area contributed by atoms with Crippen molar-refractivity contribution in [3.8, 4) is 0 Å². The van der Waals surface area contributed by atoms with Crippen LogP contribution in [0.15, 0.2) is 60.0 Å². The normalized spacial score (nSPS) is 12.0. The van der Waals surface area contributed by atoms with Crippen molar-refractivity contribution in [2.24, 2.45) is 0 Å². The standard InChI is InChI=1S/C21H20Cl2N2OS/c1-2-14-8-10-15(11-9-14)20(18-7-4-12-27-18)24-13-19(26)25-21-16(22)5-3-6-17(21)23/h3-12,20,24H,2,13H2,1H3,(H,25,26)/t20-/m0/s1. The van der Waals surface area contributed by atoms with Crippen LogP contribution < -0.4 is 10.6 Å². The Hall–Kier alpha value is -1.85. The molecule has 3 rings (SSSR count). The van der Waals surface area contributed by atoms with Gasteiger partial charge in [0, 0.05) is 4.88 Å². The van der Waals surface area contributed by atoms with Gasteiger partial charge in [-0.15, -0.1) is 11.3 Å². The summed E-state index contributed by atoms with van der Waals surface area (Å²) in [6.45, 7) is 2.27. The van der Waals surface area contributed by atoms with Crippen molar-refractivity contribution in [2.45, 2.75) is 19.4 Å². The molecule has 2 N–H and O–H groups in total. The number of nitrogens with one attached hydrogen (secondary N) is 2. The number of thiophene rings is 1. The molecule has 2 aromatic carbocycles. The topological polar surface area (TPSA) is 41.1 Å². The maximum Gasteiger partial charge on any atom is 0.238 e. The lowest BCUT2D eigenvalue weighted by atomic mass is 10.0. The monoisotopic (exact) mass is 418 g/mol. The molecule has 140 valence electrons. The average Bonchev–Trinajstić information content (AvgIpc) is 3.20. The number of anilines is 1. The van der Waals surface area contributed by atoms with Gasteiger partial charge in [0.15, 0.2) is 0 Å². The van der Waals surface area contributed by atoms with Gasteiger partial charge in [-0.1, -0.05) is 66.5 Å². The van der Waals surface area contributed by atoms with Crippen molar-refractivity contribution in [3.63, 3.8) is 0 Å². The van der Waals surface area contributed by atoms with E-state index in [2.05, 4.69) is 47.9 Å². The van der Waals surface area contributed by atoms with Crippen LogP contribution in [0.25, 0.3) is 0 Å². The van der Waals surface area contributed by atoms with Gasteiger partial charge in [0.05, 0.1) is 28.3 Å². The first kappa shape index (κ1) is 19.9. The smallest absolute Gasteiger partial charge is 0.238 e. The lowest BCUT2D eigenvalue weighted by Gasteiger charge is -2.19. The molecule has 0 unspecified atom stereocenters. The molecule has 0 aliphatic heterocycles. The minimum atomic E-state index is -0.197. The molecule has 0 bridgehead atoms. The number of carbonyl (C=O) groups is 1. The third kappa shape index (κ3) is 5.11. The molecule has 0 aliphatic rings. The van der Waals surface area contributed by atoms with Crippen LogP contribution in [-0.2, 0) is 11.2 Å². The van der Waals surface area contributed by atoms with Crippen molar-refractivity contribution in [1.82, 2.24) is 5.32 Å². The number of amides is 1. The third-order valence-electron chi connectivity index (χ3n) is 4.24. The number of rotatable bonds is 7. The summed E-state index contributed by atoms with van der Waals surface area (Å²) >= 11 is 13.9. The van der Waals surface area contributed by atoms with Gasteiger partial charge in [0.1, 0.15) is 0 Å². The van der Waals surface area contributed by atoms with Gasteiger partial charge in [-0.3, -0.25) is 10.1 Å². The van der Waals surface area contributed by atoms with E-state index in [4.69, 9.17) is 23.2 Å². The molecular formula is C21H20Cl2N2OS. The van der Waals surface area contributed by atoms with Crippen LogP contribution in [0.3, 0.4) is 0 Å². The van der Waals surface area contributed by atoms with Gasteiger partial charge in [0.25, 0.3) is 0 Å². The van der Waals surface area contributed by atoms with E-state index in [-0.39, 0.29) is 18.5 Å². The highest BCUT2D eigenvalue weighted by Crippen LogP contribution is 2.30. The van der Waals surface area contributed by atoms with Crippen LogP contribution in [0.2, 0.25) is 10.0 Å². The van der Waals surface area contributed by atoms with E-state index >= 15 is 0 Å². The largest absolute Gasteiger partial charge is 0.322 e. The summed E-state index contributed by atoms with van der Waals surface area (Å²) in [6.07, 6.45) is 0.998. The number of carbonyl (C=O) groups excluding carboxylic acids is 1. The highest BCUT2D eigenvalue weighted by atomic mass is 35.5. The molecule has 6 heteroatoms.